The van der Waals surface area contributed by atoms with Crippen LogP contribution in [0.15, 0.2) is 47.9 Å². The quantitative estimate of drug-likeness (QED) is 0.814. The van der Waals surface area contributed by atoms with Crippen LogP contribution in [0.1, 0.15) is 30.3 Å². The number of thiophene rings is 1. The Balaban J connectivity index is 2.01. The summed E-state index contributed by atoms with van der Waals surface area (Å²) < 4.78 is 12.8. The summed E-state index contributed by atoms with van der Waals surface area (Å²) in [6.07, 6.45) is 3.16. The third-order valence-corrected chi connectivity index (χ3v) is 4.07. The first-order chi connectivity index (χ1) is 10.1. The van der Waals surface area contributed by atoms with Crippen LogP contribution in [0.4, 0.5) is 4.39 Å². The zero-order valence-corrected chi connectivity index (χ0v) is 12.9. The van der Waals surface area contributed by atoms with Gasteiger partial charge in [-0.05, 0) is 41.1 Å². The average molecular weight is 303 g/mol. The summed E-state index contributed by atoms with van der Waals surface area (Å²) in [6, 6.07) is 10.0. The smallest absolute Gasteiger partial charge is 0.244 e. The predicted molar refractivity (Wildman–Crippen MR) is 85.5 cm³/mol. The van der Waals surface area contributed by atoms with Gasteiger partial charge in [0.25, 0.3) is 0 Å². The Labute approximate surface area is 128 Å². The molecule has 0 aliphatic rings. The predicted octanol–water partition coefficient (Wildman–Crippen LogP) is 4.41. The van der Waals surface area contributed by atoms with E-state index in [-0.39, 0.29) is 17.8 Å². The molecule has 0 unspecified atom stereocenters. The van der Waals surface area contributed by atoms with Gasteiger partial charge >= 0.3 is 0 Å². The van der Waals surface area contributed by atoms with Crippen molar-refractivity contribution in [2.24, 2.45) is 5.92 Å². The number of nitrogens with one attached hydrogen (secondary N) is 1. The van der Waals surface area contributed by atoms with Crippen LogP contribution in [0.5, 0.6) is 0 Å². The zero-order valence-electron chi connectivity index (χ0n) is 12.0. The molecule has 1 aromatic heterocycles. The third-order valence-electron chi connectivity index (χ3n) is 3.11. The fourth-order valence-electron chi connectivity index (χ4n) is 1.98. The molecular formula is C17H18FNOS. The minimum atomic E-state index is -0.283. The molecule has 0 aliphatic carbocycles. The molecule has 0 spiro atoms. The highest BCUT2D eigenvalue weighted by molar-refractivity contribution is 7.10. The van der Waals surface area contributed by atoms with Gasteiger partial charge < -0.3 is 5.32 Å². The van der Waals surface area contributed by atoms with Gasteiger partial charge in [0.15, 0.2) is 0 Å². The molecule has 1 amide bonds. The van der Waals surface area contributed by atoms with E-state index in [1.165, 1.54) is 18.2 Å². The van der Waals surface area contributed by atoms with Gasteiger partial charge in [0.05, 0.1) is 6.04 Å². The second-order valence-electron chi connectivity index (χ2n) is 5.13. The molecule has 0 saturated heterocycles. The Hall–Kier alpha value is -1.94. The van der Waals surface area contributed by atoms with Crippen molar-refractivity contribution < 1.29 is 9.18 Å². The molecule has 2 aromatic rings. The van der Waals surface area contributed by atoms with Crippen LogP contribution >= 0.6 is 11.3 Å². The number of amides is 1. The van der Waals surface area contributed by atoms with Crippen molar-refractivity contribution >= 4 is 23.3 Å². The van der Waals surface area contributed by atoms with Gasteiger partial charge in [-0.15, -0.1) is 11.3 Å². The average Bonchev–Trinajstić information content (AvgIpc) is 2.97. The molecule has 0 aliphatic heterocycles. The standard InChI is InChI=1S/C17H18FNOS/c1-12(2)17(15-4-3-11-21-15)19-16(20)10-7-13-5-8-14(18)9-6-13/h3-12,17H,1-2H3,(H,19,20)/b10-7+/t17-/m0/s1. The number of rotatable bonds is 5. The monoisotopic (exact) mass is 303 g/mol. The Morgan fingerprint density at radius 1 is 1.24 bits per heavy atom. The molecule has 0 fully saturated rings. The van der Waals surface area contributed by atoms with Gasteiger partial charge in [-0.3, -0.25) is 4.79 Å². The van der Waals surface area contributed by atoms with E-state index in [0.717, 1.165) is 10.4 Å². The Morgan fingerprint density at radius 2 is 1.95 bits per heavy atom. The molecule has 2 nitrogen and oxygen atoms in total. The second kappa shape index (κ2) is 7.18. The number of hydrogen-bond acceptors (Lipinski definition) is 2. The maximum absolute atomic E-state index is 12.8. The minimum Gasteiger partial charge on any atom is -0.345 e. The summed E-state index contributed by atoms with van der Waals surface area (Å²) in [4.78, 5) is 13.2. The molecule has 1 N–H and O–H groups in total. The van der Waals surface area contributed by atoms with E-state index in [0.29, 0.717) is 5.92 Å². The van der Waals surface area contributed by atoms with Crippen LogP contribution in [0.3, 0.4) is 0 Å². The third kappa shape index (κ3) is 4.53. The minimum absolute atomic E-state index is 0.00960. The van der Waals surface area contributed by atoms with E-state index in [1.54, 1.807) is 29.5 Å². The molecule has 21 heavy (non-hydrogen) atoms. The van der Waals surface area contributed by atoms with E-state index in [2.05, 4.69) is 19.2 Å². The van der Waals surface area contributed by atoms with E-state index in [4.69, 9.17) is 0 Å². The fraction of sp³-hybridized carbons (Fsp3) is 0.235. The van der Waals surface area contributed by atoms with Gasteiger partial charge in [0.1, 0.15) is 5.82 Å². The summed E-state index contributed by atoms with van der Waals surface area (Å²) in [5.74, 6) is -0.118. The van der Waals surface area contributed by atoms with Gasteiger partial charge in [0.2, 0.25) is 5.91 Å². The van der Waals surface area contributed by atoms with Gasteiger partial charge in [-0.25, -0.2) is 4.39 Å². The highest BCUT2D eigenvalue weighted by Crippen LogP contribution is 2.25. The van der Waals surface area contributed by atoms with Gasteiger partial charge in [-0.2, -0.15) is 0 Å². The van der Waals surface area contributed by atoms with Crippen molar-refractivity contribution in [1.29, 1.82) is 0 Å². The first-order valence-corrected chi connectivity index (χ1v) is 7.72. The van der Waals surface area contributed by atoms with Crippen molar-refractivity contribution in [3.63, 3.8) is 0 Å². The van der Waals surface area contributed by atoms with Crippen LogP contribution in [-0.4, -0.2) is 5.91 Å². The molecule has 0 radical (unpaired) electrons. The van der Waals surface area contributed by atoms with E-state index >= 15 is 0 Å². The lowest BCUT2D eigenvalue weighted by atomic mass is 10.0. The molecule has 110 valence electrons. The van der Waals surface area contributed by atoms with Crippen LogP contribution < -0.4 is 5.32 Å². The molecule has 0 saturated carbocycles. The molecule has 2 rings (SSSR count). The van der Waals surface area contributed by atoms with Crippen molar-refractivity contribution in [3.05, 3.63) is 64.1 Å². The summed E-state index contributed by atoms with van der Waals surface area (Å²) in [5, 5.41) is 5.02. The lowest BCUT2D eigenvalue weighted by Crippen LogP contribution is -2.29. The first kappa shape index (κ1) is 15.4. The van der Waals surface area contributed by atoms with Crippen molar-refractivity contribution in [1.82, 2.24) is 5.32 Å². The van der Waals surface area contributed by atoms with Gasteiger partial charge in [0, 0.05) is 11.0 Å². The van der Waals surface area contributed by atoms with Crippen molar-refractivity contribution in [3.8, 4) is 0 Å². The number of carbonyl (C=O) groups is 1. The van der Waals surface area contributed by atoms with E-state index in [1.807, 2.05) is 17.5 Å². The van der Waals surface area contributed by atoms with Crippen molar-refractivity contribution in [2.75, 3.05) is 0 Å². The van der Waals surface area contributed by atoms with E-state index < -0.39 is 0 Å². The Bertz CT molecular complexity index is 602. The molecule has 4 heteroatoms. The second-order valence-corrected chi connectivity index (χ2v) is 6.11. The number of halogens is 1. The van der Waals surface area contributed by atoms with E-state index in [9.17, 15) is 9.18 Å². The number of carbonyl (C=O) groups excluding carboxylic acids is 1. The summed E-state index contributed by atoms with van der Waals surface area (Å²) in [5.41, 5.74) is 0.795. The lowest BCUT2D eigenvalue weighted by molar-refractivity contribution is -0.117. The number of hydrogen-bond donors (Lipinski definition) is 1. The fourth-order valence-corrected chi connectivity index (χ4v) is 2.93. The normalized spacial score (nSPS) is 12.8. The molecule has 1 aromatic carbocycles. The molecule has 0 bridgehead atoms. The molecular weight excluding hydrogens is 285 g/mol. The largest absolute Gasteiger partial charge is 0.345 e. The summed E-state index contributed by atoms with van der Waals surface area (Å²) >= 11 is 1.64. The lowest BCUT2D eigenvalue weighted by Gasteiger charge is -2.20. The zero-order chi connectivity index (χ0) is 15.2. The Kier molecular flexibility index (Phi) is 5.28. The molecule has 1 heterocycles. The van der Waals surface area contributed by atoms with Crippen molar-refractivity contribution in [2.45, 2.75) is 19.9 Å². The maximum Gasteiger partial charge on any atom is 0.244 e. The summed E-state index contributed by atoms with van der Waals surface area (Å²) in [7, 11) is 0. The number of benzene rings is 1. The van der Waals surface area contributed by atoms with Gasteiger partial charge in [-0.1, -0.05) is 32.0 Å². The Morgan fingerprint density at radius 3 is 2.52 bits per heavy atom. The summed E-state index contributed by atoms with van der Waals surface area (Å²) in [6.45, 7) is 4.16. The van der Waals surface area contributed by atoms with Crippen LogP contribution in [0.2, 0.25) is 0 Å². The first-order valence-electron chi connectivity index (χ1n) is 6.84. The maximum atomic E-state index is 12.8. The van der Waals surface area contributed by atoms with Crippen LogP contribution in [0.25, 0.3) is 6.08 Å². The molecule has 1 atom stereocenters. The van der Waals surface area contributed by atoms with Crippen LogP contribution in [0, 0.1) is 11.7 Å². The van der Waals surface area contributed by atoms with Crippen LogP contribution in [-0.2, 0) is 4.79 Å². The highest BCUT2D eigenvalue weighted by Gasteiger charge is 2.17. The highest BCUT2D eigenvalue weighted by atomic mass is 32.1. The topological polar surface area (TPSA) is 29.1 Å². The SMILES string of the molecule is CC(C)[C@H](NC(=O)/C=C/c1ccc(F)cc1)c1cccs1.